The normalized spacial score (nSPS) is 16.1. The van der Waals surface area contributed by atoms with Gasteiger partial charge in [-0.05, 0) is 49.7 Å². The van der Waals surface area contributed by atoms with E-state index in [1.54, 1.807) is 0 Å². The molecule has 0 N–H and O–H groups in total. The van der Waals surface area contributed by atoms with E-state index in [4.69, 9.17) is 0 Å². The zero-order chi connectivity index (χ0) is 23.0. The van der Waals surface area contributed by atoms with Crippen molar-refractivity contribution in [3.63, 3.8) is 0 Å². The summed E-state index contributed by atoms with van der Waals surface area (Å²) >= 11 is 1.90. The van der Waals surface area contributed by atoms with Crippen LogP contribution < -0.4 is 4.90 Å². The van der Waals surface area contributed by atoms with Crippen LogP contribution >= 0.6 is 11.3 Å². The van der Waals surface area contributed by atoms with Gasteiger partial charge in [-0.15, -0.1) is 11.3 Å². The Kier molecular flexibility index (Phi) is 4.12. The van der Waals surface area contributed by atoms with Gasteiger partial charge in [0.1, 0.15) is 6.17 Å². The molecule has 1 aliphatic rings. The van der Waals surface area contributed by atoms with E-state index in [1.807, 2.05) is 11.3 Å². The molecule has 7 rings (SSSR count). The van der Waals surface area contributed by atoms with Crippen LogP contribution in [0.15, 0.2) is 91.3 Å². The molecule has 0 saturated carbocycles. The summed E-state index contributed by atoms with van der Waals surface area (Å²) in [5, 5.41) is 5.28. The summed E-state index contributed by atoms with van der Waals surface area (Å²) in [5.41, 5.74) is 6.32. The minimum atomic E-state index is 0.299. The Morgan fingerprint density at radius 2 is 1.53 bits per heavy atom. The third-order valence-corrected chi connectivity index (χ3v) is 8.53. The van der Waals surface area contributed by atoms with Crippen LogP contribution in [-0.4, -0.2) is 22.7 Å². The Morgan fingerprint density at radius 1 is 0.765 bits per heavy atom. The van der Waals surface area contributed by atoms with Crippen molar-refractivity contribution in [1.82, 2.24) is 9.47 Å². The van der Waals surface area contributed by atoms with Crippen molar-refractivity contribution < 1.29 is 0 Å². The van der Waals surface area contributed by atoms with Gasteiger partial charge in [0, 0.05) is 57.1 Å². The lowest BCUT2D eigenvalue weighted by Gasteiger charge is -2.28. The first kappa shape index (κ1) is 19.7. The average Bonchev–Trinajstić information content (AvgIpc) is 3.50. The first-order chi connectivity index (χ1) is 16.6. The van der Waals surface area contributed by atoms with Gasteiger partial charge in [0.15, 0.2) is 0 Å². The maximum absolute atomic E-state index is 2.47. The van der Waals surface area contributed by atoms with Gasteiger partial charge in [-0.2, -0.15) is 0 Å². The second kappa shape index (κ2) is 7.12. The third-order valence-electron chi connectivity index (χ3n) is 7.34. The summed E-state index contributed by atoms with van der Waals surface area (Å²) in [6.45, 7) is 4.48. The van der Waals surface area contributed by atoms with Crippen LogP contribution in [0.4, 0.5) is 5.69 Å². The van der Waals surface area contributed by atoms with Crippen molar-refractivity contribution >= 4 is 59.0 Å². The van der Waals surface area contributed by atoms with E-state index in [0.717, 1.165) is 0 Å². The molecule has 6 aromatic rings. The van der Waals surface area contributed by atoms with E-state index in [0.29, 0.717) is 6.17 Å². The molecule has 0 aliphatic carbocycles. The van der Waals surface area contributed by atoms with Gasteiger partial charge in [-0.3, -0.25) is 0 Å². The Balaban J connectivity index is 1.63. The van der Waals surface area contributed by atoms with Crippen molar-refractivity contribution in [2.45, 2.75) is 20.0 Å². The first-order valence-electron chi connectivity index (χ1n) is 11.7. The first-order valence-corrected chi connectivity index (χ1v) is 12.6. The van der Waals surface area contributed by atoms with Gasteiger partial charge < -0.3 is 14.4 Å². The predicted molar refractivity (Wildman–Crippen MR) is 147 cm³/mol. The molecule has 4 aromatic carbocycles. The smallest absolute Gasteiger partial charge is 0.102 e. The second-order valence-corrected chi connectivity index (χ2v) is 10.3. The molecule has 34 heavy (non-hydrogen) atoms. The van der Waals surface area contributed by atoms with Crippen molar-refractivity contribution in [3.05, 3.63) is 96.8 Å². The predicted octanol–water partition coefficient (Wildman–Crippen LogP) is 8.03. The number of hydrogen-bond donors (Lipinski definition) is 0. The second-order valence-electron chi connectivity index (χ2n) is 9.27. The van der Waals surface area contributed by atoms with Gasteiger partial charge in [0.05, 0.1) is 15.7 Å². The van der Waals surface area contributed by atoms with Crippen molar-refractivity contribution in [3.8, 4) is 5.69 Å². The monoisotopic (exact) mass is 459 g/mol. The fourth-order valence-corrected chi connectivity index (χ4v) is 6.68. The molecule has 0 fully saturated rings. The number of thiophene rings is 1. The van der Waals surface area contributed by atoms with Crippen LogP contribution in [0.1, 0.15) is 12.5 Å². The molecule has 0 unspecified atom stereocenters. The molecule has 0 saturated heterocycles. The number of fused-ring (bicyclic) bond motifs is 7. The van der Waals surface area contributed by atoms with E-state index in [1.165, 1.54) is 58.9 Å². The van der Waals surface area contributed by atoms with Crippen molar-refractivity contribution in [1.29, 1.82) is 0 Å². The Bertz CT molecular complexity index is 1760. The van der Waals surface area contributed by atoms with E-state index in [2.05, 4.69) is 127 Å². The summed E-state index contributed by atoms with van der Waals surface area (Å²) in [4.78, 5) is 4.62. The number of hydrogen-bond acceptors (Lipinski definition) is 3. The summed E-state index contributed by atoms with van der Waals surface area (Å²) in [6.07, 6.45) is 4.65. The van der Waals surface area contributed by atoms with Crippen LogP contribution in [0.3, 0.4) is 0 Å². The molecular weight excluding hydrogens is 434 g/mol. The summed E-state index contributed by atoms with van der Waals surface area (Å²) in [5.74, 6) is 0. The van der Waals surface area contributed by atoms with Crippen LogP contribution in [0.5, 0.6) is 0 Å². The van der Waals surface area contributed by atoms with Crippen LogP contribution in [0, 0.1) is 6.92 Å². The lowest BCUT2D eigenvalue weighted by molar-refractivity contribution is 0.383. The summed E-state index contributed by atoms with van der Waals surface area (Å²) < 4.78 is 5.16. The molecule has 0 radical (unpaired) electrons. The lowest BCUT2D eigenvalue weighted by Crippen LogP contribution is -2.33. The highest BCUT2D eigenvalue weighted by atomic mass is 32.1. The molecule has 3 heterocycles. The minimum Gasteiger partial charge on any atom is -0.359 e. The summed E-state index contributed by atoms with van der Waals surface area (Å²) in [7, 11) is 2.13. The zero-order valence-electron chi connectivity index (χ0n) is 19.5. The van der Waals surface area contributed by atoms with Gasteiger partial charge >= 0.3 is 0 Å². The van der Waals surface area contributed by atoms with E-state index >= 15 is 0 Å². The molecule has 0 spiro atoms. The topological polar surface area (TPSA) is 11.4 Å². The number of aryl methyl sites for hydroxylation is 1. The highest BCUT2D eigenvalue weighted by Crippen LogP contribution is 2.44. The number of rotatable bonds is 2. The highest BCUT2D eigenvalue weighted by molar-refractivity contribution is 7.26. The molecule has 3 nitrogen and oxygen atoms in total. The maximum atomic E-state index is 2.47. The van der Waals surface area contributed by atoms with Crippen LogP contribution in [0.25, 0.3) is 47.7 Å². The van der Waals surface area contributed by atoms with Crippen molar-refractivity contribution in [2.24, 2.45) is 0 Å². The van der Waals surface area contributed by atoms with E-state index in [-0.39, 0.29) is 0 Å². The van der Waals surface area contributed by atoms with Crippen molar-refractivity contribution in [2.75, 3.05) is 11.9 Å². The molecule has 0 bridgehead atoms. The molecular formula is C30H25N3S. The zero-order valence-corrected chi connectivity index (χ0v) is 20.3. The molecule has 0 amide bonds. The Morgan fingerprint density at radius 3 is 2.32 bits per heavy atom. The Labute approximate surface area is 202 Å². The molecule has 4 heteroatoms. The van der Waals surface area contributed by atoms with Gasteiger partial charge in [-0.25, -0.2) is 0 Å². The highest BCUT2D eigenvalue weighted by Gasteiger charge is 2.24. The number of para-hydroxylation sites is 1. The average molecular weight is 460 g/mol. The fourth-order valence-electron chi connectivity index (χ4n) is 5.44. The van der Waals surface area contributed by atoms with Crippen LogP contribution in [0.2, 0.25) is 0 Å². The molecule has 166 valence electrons. The largest absolute Gasteiger partial charge is 0.359 e. The third kappa shape index (κ3) is 2.63. The lowest BCUT2D eigenvalue weighted by atomic mass is 10.1. The fraction of sp³-hybridized carbons (Fsp3) is 0.133. The van der Waals surface area contributed by atoms with Gasteiger partial charge in [0.25, 0.3) is 0 Å². The Hall–Kier alpha value is -3.76. The maximum Gasteiger partial charge on any atom is 0.102 e. The van der Waals surface area contributed by atoms with E-state index < -0.39 is 0 Å². The molecule has 1 aliphatic heterocycles. The minimum absolute atomic E-state index is 0.299. The summed E-state index contributed by atoms with van der Waals surface area (Å²) in [6, 6.07) is 29.0. The van der Waals surface area contributed by atoms with Crippen LogP contribution in [-0.2, 0) is 0 Å². The number of benzene rings is 4. The molecule has 2 aromatic heterocycles. The number of nitrogens with zero attached hydrogens (tertiary/aromatic N) is 3. The van der Waals surface area contributed by atoms with E-state index in [9.17, 15) is 0 Å². The number of aromatic nitrogens is 1. The number of anilines is 1. The molecule has 1 atom stereocenters. The SMILES string of the molecule is Cc1cc2c(cc1N1C=CN(C)[C@@H]1C)c1ccc3c4ccccc4sc3c1n2-c1ccccc1. The van der Waals surface area contributed by atoms with Gasteiger partial charge in [-0.1, -0.05) is 48.5 Å². The quantitative estimate of drug-likeness (QED) is 0.260. The van der Waals surface area contributed by atoms with Gasteiger partial charge in [0.2, 0.25) is 0 Å². The standard InChI is InChI=1S/C30H25N3S/c1-19-17-27-25(18-26(19)32-16-15-31(3)20(32)2)23-13-14-24-22-11-7-8-12-28(22)34-30(24)29(23)33(27)21-9-5-4-6-10-21/h4-18,20H,1-3H3/t20-/m0/s1.